The van der Waals surface area contributed by atoms with Crippen molar-refractivity contribution in [2.45, 2.75) is 46.2 Å². The first-order valence-electron chi connectivity index (χ1n) is 10.00. The van der Waals surface area contributed by atoms with Crippen molar-refractivity contribution in [3.05, 3.63) is 65.0 Å². The molecule has 0 fully saturated rings. The molecule has 0 radical (unpaired) electrons. The van der Waals surface area contributed by atoms with E-state index in [4.69, 9.17) is 20.8 Å². The Bertz CT molecular complexity index is 987. The lowest BCUT2D eigenvalue weighted by molar-refractivity contribution is -0.134. The summed E-state index contributed by atoms with van der Waals surface area (Å²) in [7, 11) is 0. The van der Waals surface area contributed by atoms with Gasteiger partial charge in [-0.2, -0.15) is 0 Å². The third-order valence-electron chi connectivity index (χ3n) is 4.61. The van der Waals surface area contributed by atoms with Gasteiger partial charge in [-0.1, -0.05) is 35.9 Å². The third kappa shape index (κ3) is 5.83. The minimum atomic E-state index is 0.00542. The van der Waals surface area contributed by atoms with Gasteiger partial charge in [0, 0.05) is 12.5 Å². The Labute approximate surface area is 181 Å². The molecule has 1 amide bonds. The summed E-state index contributed by atoms with van der Waals surface area (Å²) in [5.41, 5.74) is 1.82. The summed E-state index contributed by atoms with van der Waals surface area (Å²) in [4.78, 5) is 14.5. The van der Waals surface area contributed by atoms with Crippen LogP contribution in [0.1, 0.15) is 38.1 Å². The van der Waals surface area contributed by atoms with Gasteiger partial charge in [0.2, 0.25) is 17.7 Å². The SMILES string of the molecule is Cc1cccc(OCCCC(=O)N(Cc2nnc(-c3ccccc3Cl)o2)C(C)C)c1. The molecule has 1 heterocycles. The second-order valence-corrected chi connectivity index (χ2v) is 7.77. The maximum Gasteiger partial charge on any atom is 0.249 e. The Morgan fingerprint density at radius 2 is 1.97 bits per heavy atom. The van der Waals surface area contributed by atoms with Crippen LogP contribution in [0.4, 0.5) is 0 Å². The third-order valence-corrected chi connectivity index (χ3v) is 4.94. The molecule has 0 saturated carbocycles. The first-order valence-corrected chi connectivity index (χ1v) is 10.4. The zero-order valence-corrected chi connectivity index (χ0v) is 18.2. The number of halogens is 1. The minimum Gasteiger partial charge on any atom is -0.494 e. The van der Waals surface area contributed by atoms with E-state index in [1.54, 1.807) is 11.0 Å². The van der Waals surface area contributed by atoms with E-state index < -0.39 is 0 Å². The zero-order chi connectivity index (χ0) is 21.5. The molecule has 7 heteroatoms. The van der Waals surface area contributed by atoms with Gasteiger partial charge >= 0.3 is 0 Å². The summed E-state index contributed by atoms with van der Waals surface area (Å²) < 4.78 is 11.5. The maximum absolute atomic E-state index is 12.7. The van der Waals surface area contributed by atoms with Crippen molar-refractivity contribution in [1.29, 1.82) is 0 Å². The Kier molecular flexibility index (Phi) is 7.46. The smallest absolute Gasteiger partial charge is 0.249 e. The van der Waals surface area contributed by atoms with Gasteiger partial charge in [0.1, 0.15) is 5.75 Å². The van der Waals surface area contributed by atoms with Crippen molar-refractivity contribution in [1.82, 2.24) is 15.1 Å². The number of benzene rings is 2. The number of hydrogen-bond donors (Lipinski definition) is 0. The molecule has 158 valence electrons. The van der Waals surface area contributed by atoms with Gasteiger partial charge in [-0.15, -0.1) is 10.2 Å². The van der Waals surface area contributed by atoms with Crippen molar-refractivity contribution in [2.24, 2.45) is 0 Å². The van der Waals surface area contributed by atoms with Crippen LogP contribution < -0.4 is 4.74 Å². The summed E-state index contributed by atoms with van der Waals surface area (Å²) in [6, 6.07) is 15.2. The lowest BCUT2D eigenvalue weighted by Gasteiger charge is -2.25. The fraction of sp³-hybridized carbons (Fsp3) is 0.348. The van der Waals surface area contributed by atoms with Crippen LogP contribution in [0, 0.1) is 6.92 Å². The molecule has 30 heavy (non-hydrogen) atoms. The van der Waals surface area contributed by atoms with Crippen LogP contribution in [0.2, 0.25) is 5.02 Å². The van der Waals surface area contributed by atoms with Gasteiger partial charge in [-0.25, -0.2) is 0 Å². The van der Waals surface area contributed by atoms with E-state index in [1.807, 2.05) is 63.2 Å². The molecule has 3 aromatic rings. The van der Waals surface area contributed by atoms with Crippen LogP contribution in [0.15, 0.2) is 52.9 Å². The van der Waals surface area contributed by atoms with Gasteiger partial charge in [0.25, 0.3) is 0 Å². The second-order valence-electron chi connectivity index (χ2n) is 7.36. The van der Waals surface area contributed by atoms with E-state index in [0.717, 1.165) is 11.3 Å². The predicted molar refractivity (Wildman–Crippen MR) is 116 cm³/mol. The van der Waals surface area contributed by atoms with Crippen LogP contribution in [0.3, 0.4) is 0 Å². The molecule has 3 rings (SSSR count). The molecule has 2 aromatic carbocycles. The molecule has 0 aliphatic rings. The van der Waals surface area contributed by atoms with Crippen molar-refractivity contribution < 1.29 is 13.9 Å². The normalized spacial score (nSPS) is 11.0. The Morgan fingerprint density at radius 3 is 2.70 bits per heavy atom. The fourth-order valence-electron chi connectivity index (χ4n) is 3.03. The quantitative estimate of drug-likeness (QED) is 0.434. The maximum atomic E-state index is 12.7. The summed E-state index contributed by atoms with van der Waals surface area (Å²) in [5.74, 6) is 1.57. The number of carbonyl (C=O) groups excluding carboxylic acids is 1. The number of nitrogens with zero attached hydrogens (tertiary/aromatic N) is 3. The highest BCUT2D eigenvalue weighted by Gasteiger charge is 2.21. The second kappa shape index (κ2) is 10.3. The number of ether oxygens (including phenoxy) is 1. The number of carbonyl (C=O) groups is 1. The van der Waals surface area contributed by atoms with Crippen molar-refractivity contribution >= 4 is 17.5 Å². The lowest BCUT2D eigenvalue weighted by atomic mass is 10.2. The molecule has 0 saturated heterocycles. The highest BCUT2D eigenvalue weighted by atomic mass is 35.5. The fourth-order valence-corrected chi connectivity index (χ4v) is 3.24. The topological polar surface area (TPSA) is 68.5 Å². The first kappa shape index (κ1) is 21.8. The average Bonchev–Trinajstić information content (AvgIpc) is 3.18. The highest BCUT2D eigenvalue weighted by molar-refractivity contribution is 6.33. The van der Waals surface area contributed by atoms with Crippen LogP contribution in [-0.2, 0) is 11.3 Å². The Morgan fingerprint density at radius 1 is 1.17 bits per heavy atom. The van der Waals surface area contributed by atoms with E-state index in [2.05, 4.69) is 10.2 Å². The number of amides is 1. The van der Waals surface area contributed by atoms with E-state index in [0.29, 0.717) is 41.8 Å². The van der Waals surface area contributed by atoms with E-state index >= 15 is 0 Å². The molecular weight excluding hydrogens is 402 g/mol. The monoisotopic (exact) mass is 427 g/mol. The van der Waals surface area contributed by atoms with Crippen LogP contribution >= 0.6 is 11.6 Å². The molecule has 6 nitrogen and oxygen atoms in total. The number of rotatable bonds is 9. The highest BCUT2D eigenvalue weighted by Crippen LogP contribution is 2.26. The van der Waals surface area contributed by atoms with Gasteiger partial charge in [-0.05, 0) is 57.0 Å². The summed E-state index contributed by atoms with van der Waals surface area (Å²) >= 11 is 6.19. The molecule has 0 aliphatic carbocycles. The molecule has 0 N–H and O–H groups in total. The molecule has 0 atom stereocenters. The largest absolute Gasteiger partial charge is 0.494 e. The number of aromatic nitrogens is 2. The van der Waals surface area contributed by atoms with Crippen LogP contribution in [-0.4, -0.2) is 33.7 Å². The predicted octanol–water partition coefficient (Wildman–Crippen LogP) is 5.29. The first-order chi connectivity index (χ1) is 14.4. The van der Waals surface area contributed by atoms with E-state index in [1.165, 1.54) is 0 Å². The number of hydrogen-bond acceptors (Lipinski definition) is 5. The summed E-state index contributed by atoms with van der Waals surface area (Å²) in [6.45, 7) is 6.69. The molecule has 1 aromatic heterocycles. The van der Waals surface area contributed by atoms with Crippen LogP contribution in [0.25, 0.3) is 11.5 Å². The molecule has 0 aliphatic heterocycles. The van der Waals surface area contributed by atoms with Gasteiger partial charge in [0.15, 0.2) is 0 Å². The minimum absolute atomic E-state index is 0.00542. The number of aryl methyl sites for hydroxylation is 1. The Balaban J connectivity index is 1.55. The van der Waals surface area contributed by atoms with Crippen LogP contribution in [0.5, 0.6) is 5.75 Å². The lowest BCUT2D eigenvalue weighted by Crippen LogP contribution is -2.36. The van der Waals surface area contributed by atoms with E-state index in [9.17, 15) is 4.79 Å². The average molecular weight is 428 g/mol. The summed E-state index contributed by atoms with van der Waals surface area (Å²) in [6.07, 6.45) is 1.01. The summed E-state index contributed by atoms with van der Waals surface area (Å²) in [5, 5.41) is 8.70. The standard InChI is InChI=1S/C23H26ClN3O3/c1-16(2)27(22(28)12-7-13-29-18-9-6-8-17(3)14-18)15-21-25-26-23(30-21)19-10-4-5-11-20(19)24/h4-6,8-11,14,16H,7,12-13,15H2,1-3H3. The van der Waals surface area contributed by atoms with E-state index in [-0.39, 0.29) is 18.5 Å². The molecule has 0 spiro atoms. The van der Waals surface area contributed by atoms with Gasteiger partial charge < -0.3 is 14.1 Å². The molecule has 0 bridgehead atoms. The van der Waals surface area contributed by atoms with Crippen molar-refractivity contribution in [2.75, 3.05) is 6.61 Å². The van der Waals surface area contributed by atoms with Crippen molar-refractivity contribution in [3.63, 3.8) is 0 Å². The molecular formula is C23H26ClN3O3. The van der Waals surface area contributed by atoms with Gasteiger partial charge in [0.05, 0.1) is 23.7 Å². The zero-order valence-electron chi connectivity index (χ0n) is 17.5. The molecule has 0 unspecified atom stereocenters. The van der Waals surface area contributed by atoms with Crippen molar-refractivity contribution in [3.8, 4) is 17.2 Å². The Hall–Kier alpha value is -2.86. The van der Waals surface area contributed by atoms with Gasteiger partial charge in [-0.3, -0.25) is 4.79 Å².